The lowest BCUT2D eigenvalue weighted by atomic mass is 9.95. The first kappa shape index (κ1) is 24.6. The van der Waals surface area contributed by atoms with Gasteiger partial charge in [-0.3, -0.25) is 14.4 Å². The van der Waals surface area contributed by atoms with Gasteiger partial charge in [0.15, 0.2) is 6.61 Å². The normalized spacial score (nSPS) is 17.0. The third kappa shape index (κ3) is 6.12. The van der Waals surface area contributed by atoms with Crippen LogP contribution < -0.4 is 9.47 Å². The minimum absolute atomic E-state index is 0.00478. The number of rotatable bonds is 6. The number of amides is 3. The lowest BCUT2D eigenvalue weighted by Gasteiger charge is -2.34. The molecule has 2 aromatic rings. The van der Waals surface area contributed by atoms with E-state index in [9.17, 15) is 14.4 Å². The molecule has 0 N–H and O–H groups in total. The summed E-state index contributed by atoms with van der Waals surface area (Å²) >= 11 is 0. The first-order chi connectivity index (χ1) is 17.1. The van der Waals surface area contributed by atoms with Gasteiger partial charge in [0.05, 0.1) is 12.7 Å². The predicted octanol–water partition coefficient (Wildman–Crippen LogP) is 2.69. The van der Waals surface area contributed by atoms with Crippen molar-refractivity contribution < 1.29 is 23.9 Å². The largest absolute Gasteiger partial charge is 0.496 e. The van der Waals surface area contributed by atoms with Gasteiger partial charge in [-0.25, -0.2) is 0 Å². The molecule has 0 spiro atoms. The molecular formula is C27H33N3O5. The second-order valence-electron chi connectivity index (χ2n) is 8.93. The third-order valence-corrected chi connectivity index (χ3v) is 6.73. The molecule has 2 aromatic carbocycles. The van der Waals surface area contributed by atoms with Crippen LogP contribution in [0.15, 0.2) is 54.6 Å². The molecule has 0 atom stereocenters. The smallest absolute Gasteiger partial charge is 0.260 e. The molecule has 0 unspecified atom stereocenters. The Morgan fingerprint density at radius 1 is 0.800 bits per heavy atom. The highest BCUT2D eigenvalue weighted by molar-refractivity contribution is 5.97. The average Bonchev–Trinajstić information content (AvgIpc) is 3.18. The van der Waals surface area contributed by atoms with Crippen LogP contribution in [0.2, 0.25) is 0 Å². The van der Waals surface area contributed by atoms with Crippen molar-refractivity contribution >= 4 is 17.7 Å². The summed E-state index contributed by atoms with van der Waals surface area (Å²) in [6.45, 7) is 3.37. The fourth-order valence-corrected chi connectivity index (χ4v) is 4.72. The number of para-hydroxylation sites is 2. The zero-order valence-electron chi connectivity index (χ0n) is 20.2. The monoisotopic (exact) mass is 479 g/mol. The Kier molecular flexibility index (Phi) is 8.23. The van der Waals surface area contributed by atoms with Gasteiger partial charge in [0.2, 0.25) is 5.91 Å². The van der Waals surface area contributed by atoms with E-state index in [-0.39, 0.29) is 30.2 Å². The van der Waals surface area contributed by atoms with Gasteiger partial charge in [0.1, 0.15) is 11.5 Å². The summed E-state index contributed by atoms with van der Waals surface area (Å²) in [5, 5.41) is 0. The minimum atomic E-state index is -0.0921. The van der Waals surface area contributed by atoms with Crippen molar-refractivity contribution in [1.82, 2.24) is 14.7 Å². The maximum atomic E-state index is 13.2. The Labute approximate surface area is 206 Å². The van der Waals surface area contributed by atoms with Crippen LogP contribution in [0.4, 0.5) is 0 Å². The van der Waals surface area contributed by atoms with E-state index in [1.165, 1.54) is 0 Å². The number of nitrogens with zero attached hydrogens (tertiary/aromatic N) is 3. The average molecular weight is 480 g/mol. The number of hydrogen-bond donors (Lipinski definition) is 0. The number of benzene rings is 2. The van der Waals surface area contributed by atoms with Gasteiger partial charge in [-0.2, -0.15) is 0 Å². The van der Waals surface area contributed by atoms with Gasteiger partial charge in [0, 0.05) is 45.2 Å². The van der Waals surface area contributed by atoms with Crippen molar-refractivity contribution in [2.24, 2.45) is 5.92 Å². The fourth-order valence-electron chi connectivity index (χ4n) is 4.72. The van der Waals surface area contributed by atoms with E-state index in [1.807, 2.05) is 47.4 Å². The van der Waals surface area contributed by atoms with E-state index in [2.05, 4.69) is 0 Å². The summed E-state index contributed by atoms with van der Waals surface area (Å²) in [6.07, 6.45) is 2.04. The van der Waals surface area contributed by atoms with Gasteiger partial charge in [-0.05, 0) is 43.5 Å². The van der Waals surface area contributed by atoms with Crippen LogP contribution in [0.5, 0.6) is 11.5 Å². The molecule has 0 bridgehead atoms. The summed E-state index contributed by atoms with van der Waals surface area (Å²) in [6, 6.07) is 16.5. The van der Waals surface area contributed by atoms with Crippen molar-refractivity contribution in [2.75, 3.05) is 53.0 Å². The minimum Gasteiger partial charge on any atom is -0.496 e. The molecule has 8 nitrogen and oxygen atoms in total. The maximum Gasteiger partial charge on any atom is 0.260 e. The number of hydrogen-bond acceptors (Lipinski definition) is 5. The molecule has 3 amide bonds. The van der Waals surface area contributed by atoms with E-state index in [0.29, 0.717) is 69.2 Å². The van der Waals surface area contributed by atoms with Crippen molar-refractivity contribution in [3.63, 3.8) is 0 Å². The number of carbonyl (C=O) groups is 3. The van der Waals surface area contributed by atoms with Gasteiger partial charge < -0.3 is 24.2 Å². The quantitative estimate of drug-likeness (QED) is 0.637. The molecule has 2 saturated heterocycles. The molecule has 2 aliphatic rings. The highest BCUT2D eigenvalue weighted by Gasteiger charge is 2.32. The van der Waals surface area contributed by atoms with Gasteiger partial charge in [0.25, 0.3) is 11.8 Å². The number of methoxy groups -OCH3 is 1. The summed E-state index contributed by atoms with van der Waals surface area (Å²) in [7, 11) is 1.56. The Morgan fingerprint density at radius 3 is 2.20 bits per heavy atom. The van der Waals surface area contributed by atoms with E-state index in [1.54, 1.807) is 29.0 Å². The molecule has 0 saturated carbocycles. The highest BCUT2D eigenvalue weighted by Crippen LogP contribution is 2.23. The van der Waals surface area contributed by atoms with Crippen molar-refractivity contribution in [2.45, 2.75) is 19.3 Å². The molecule has 2 heterocycles. The predicted molar refractivity (Wildman–Crippen MR) is 131 cm³/mol. The van der Waals surface area contributed by atoms with E-state index < -0.39 is 0 Å². The van der Waals surface area contributed by atoms with Crippen LogP contribution in [0.1, 0.15) is 29.6 Å². The third-order valence-electron chi connectivity index (χ3n) is 6.73. The van der Waals surface area contributed by atoms with E-state index in [4.69, 9.17) is 9.47 Å². The van der Waals surface area contributed by atoms with Gasteiger partial charge in [-0.15, -0.1) is 0 Å². The Hall–Kier alpha value is -3.55. The Morgan fingerprint density at radius 2 is 1.46 bits per heavy atom. The molecular weight excluding hydrogens is 446 g/mol. The van der Waals surface area contributed by atoms with Crippen molar-refractivity contribution in [1.29, 1.82) is 0 Å². The molecule has 35 heavy (non-hydrogen) atoms. The lowest BCUT2D eigenvalue weighted by molar-refractivity contribution is -0.141. The van der Waals surface area contributed by atoms with Gasteiger partial charge in [-0.1, -0.05) is 30.3 Å². The number of ether oxygens (including phenoxy) is 2. The Balaban J connectivity index is 1.25. The van der Waals surface area contributed by atoms with Crippen molar-refractivity contribution in [3.8, 4) is 11.5 Å². The first-order valence-corrected chi connectivity index (χ1v) is 12.2. The molecule has 2 fully saturated rings. The summed E-state index contributed by atoms with van der Waals surface area (Å²) in [4.78, 5) is 44.3. The van der Waals surface area contributed by atoms with Crippen LogP contribution in [0.25, 0.3) is 0 Å². The van der Waals surface area contributed by atoms with Crippen LogP contribution in [-0.4, -0.2) is 85.4 Å². The molecule has 0 radical (unpaired) electrons. The molecule has 2 aliphatic heterocycles. The van der Waals surface area contributed by atoms with Gasteiger partial charge >= 0.3 is 0 Å². The number of piperidine rings is 1. The van der Waals surface area contributed by atoms with Crippen LogP contribution in [0, 0.1) is 5.92 Å². The second-order valence-corrected chi connectivity index (χ2v) is 8.93. The second kappa shape index (κ2) is 11.7. The van der Waals surface area contributed by atoms with Crippen LogP contribution in [-0.2, 0) is 9.59 Å². The zero-order valence-corrected chi connectivity index (χ0v) is 20.2. The summed E-state index contributed by atoms with van der Waals surface area (Å²) < 4.78 is 10.9. The van der Waals surface area contributed by atoms with Crippen LogP contribution in [0.3, 0.4) is 0 Å². The maximum absolute atomic E-state index is 13.2. The SMILES string of the molecule is COc1ccccc1C(=O)N1CCCN(C(=O)C2CCN(C(=O)COc3ccccc3)CC2)CC1. The summed E-state index contributed by atoms with van der Waals surface area (Å²) in [5.41, 5.74) is 0.544. The standard InChI is InChI=1S/C27H33N3O5/c1-34-24-11-6-5-10-23(24)27(33)30-15-7-14-29(18-19-30)26(32)21-12-16-28(17-13-21)25(31)20-35-22-8-3-2-4-9-22/h2-6,8-11,21H,7,12-20H2,1H3. The molecule has 4 rings (SSSR count). The summed E-state index contributed by atoms with van der Waals surface area (Å²) in [5.74, 6) is 1.14. The van der Waals surface area contributed by atoms with Crippen molar-refractivity contribution in [3.05, 3.63) is 60.2 Å². The fraction of sp³-hybridized carbons (Fsp3) is 0.444. The zero-order chi connectivity index (χ0) is 24.6. The van der Waals surface area contributed by atoms with Crippen LogP contribution >= 0.6 is 0 Å². The number of likely N-dealkylation sites (tertiary alicyclic amines) is 1. The van der Waals surface area contributed by atoms with E-state index in [0.717, 1.165) is 6.42 Å². The highest BCUT2D eigenvalue weighted by atomic mass is 16.5. The van der Waals surface area contributed by atoms with E-state index >= 15 is 0 Å². The first-order valence-electron chi connectivity index (χ1n) is 12.2. The Bertz CT molecular complexity index is 1020. The molecule has 186 valence electrons. The number of carbonyl (C=O) groups excluding carboxylic acids is 3. The molecule has 8 heteroatoms. The lowest BCUT2D eigenvalue weighted by Crippen LogP contribution is -2.46. The molecule has 0 aromatic heterocycles. The molecule has 0 aliphatic carbocycles. The topological polar surface area (TPSA) is 79.4 Å².